The zero-order chi connectivity index (χ0) is 14.3. The summed E-state index contributed by atoms with van der Waals surface area (Å²) in [5, 5.41) is 4.85. The second-order valence-corrected chi connectivity index (χ2v) is 5.53. The molecule has 0 aromatic carbocycles. The second kappa shape index (κ2) is 6.90. The molecule has 1 N–H and O–H groups in total. The first-order chi connectivity index (χ1) is 8.90. The average molecular weight is 280 g/mol. The standard InChI is InChI=1S/C13H16N2O3S/c1-13(2,3)18-12(17)14-7-5-4-6-11-15-10(8-16)9-19-11/h8-9H,5,7H2,1-3H3,(H,14,17). The topological polar surface area (TPSA) is 68.3 Å². The molecule has 0 atom stereocenters. The van der Waals surface area contributed by atoms with Gasteiger partial charge in [-0.05, 0) is 26.7 Å². The van der Waals surface area contributed by atoms with Gasteiger partial charge in [0.25, 0.3) is 0 Å². The number of nitrogens with one attached hydrogen (secondary N) is 1. The third kappa shape index (κ3) is 6.58. The van der Waals surface area contributed by atoms with Crippen molar-refractivity contribution in [2.75, 3.05) is 6.54 Å². The minimum Gasteiger partial charge on any atom is -0.444 e. The van der Waals surface area contributed by atoms with Gasteiger partial charge in [-0.3, -0.25) is 4.79 Å². The summed E-state index contributed by atoms with van der Waals surface area (Å²) in [6.07, 6.45) is 0.729. The molecular formula is C13H16N2O3S. The maximum absolute atomic E-state index is 11.3. The monoisotopic (exact) mass is 280 g/mol. The second-order valence-electron chi connectivity index (χ2n) is 4.68. The Balaban J connectivity index is 2.28. The molecule has 0 fully saturated rings. The number of ether oxygens (including phenoxy) is 1. The molecule has 0 bridgehead atoms. The van der Waals surface area contributed by atoms with Crippen molar-refractivity contribution in [2.24, 2.45) is 0 Å². The van der Waals surface area contributed by atoms with E-state index in [9.17, 15) is 9.59 Å². The maximum atomic E-state index is 11.3. The van der Waals surface area contributed by atoms with Crippen LogP contribution in [0.2, 0.25) is 0 Å². The Morgan fingerprint density at radius 3 is 2.89 bits per heavy atom. The van der Waals surface area contributed by atoms with Crippen molar-refractivity contribution in [1.82, 2.24) is 10.3 Å². The van der Waals surface area contributed by atoms with Gasteiger partial charge in [0.05, 0.1) is 0 Å². The lowest BCUT2D eigenvalue weighted by atomic mass is 10.2. The molecule has 0 saturated heterocycles. The van der Waals surface area contributed by atoms with Gasteiger partial charge in [-0.1, -0.05) is 5.92 Å². The van der Waals surface area contributed by atoms with Gasteiger partial charge >= 0.3 is 6.09 Å². The van der Waals surface area contributed by atoms with Crippen LogP contribution in [0.15, 0.2) is 5.38 Å². The van der Waals surface area contributed by atoms with E-state index in [1.54, 1.807) is 26.2 Å². The third-order valence-corrected chi connectivity index (χ3v) is 2.53. The van der Waals surface area contributed by atoms with E-state index in [2.05, 4.69) is 22.1 Å². The van der Waals surface area contributed by atoms with Gasteiger partial charge in [0.1, 0.15) is 11.3 Å². The number of hydrogen-bond acceptors (Lipinski definition) is 5. The molecule has 0 radical (unpaired) electrons. The van der Waals surface area contributed by atoms with Crippen molar-refractivity contribution in [3.63, 3.8) is 0 Å². The van der Waals surface area contributed by atoms with Crippen molar-refractivity contribution in [3.05, 3.63) is 16.1 Å². The van der Waals surface area contributed by atoms with Gasteiger partial charge in [0.2, 0.25) is 0 Å². The number of alkyl carbamates (subject to hydrolysis) is 1. The van der Waals surface area contributed by atoms with Gasteiger partial charge in [-0.15, -0.1) is 11.3 Å². The fourth-order valence-electron chi connectivity index (χ4n) is 1.08. The van der Waals surface area contributed by atoms with Gasteiger partial charge in [0.15, 0.2) is 11.3 Å². The number of aldehydes is 1. The molecule has 6 heteroatoms. The Kier molecular flexibility index (Phi) is 5.52. The van der Waals surface area contributed by atoms with E-state index in [1.807, 2.05) is 0 Å². The molecule has 0 saturated carbocycles. The summed E-state index contributed by atoms with van der Waals surface area (Å²) in [4.78, 5) is 25.7. The maximum Gasteiger partial charge on any atom is 0.407 e. The molecule has 0 spiro atoms. The van der Waals surface area contributed by atoms with Crippen LogP contribution in [-0.4, -0.2) is 29.5 Å². The summed E-state index contributed by atoms with van der Waals surface area (Å²) in [5.41, 5.74) is -0.108. The van der Waals surface area contributed by atoms with Crippen LogP contribution in [-0.2, 0) is 4.74 Å². The van der Waals surface area contributed by atoms with Gasteiger partial charge in [-0.2, -0.15) is 0 Å². The van der Waals surface area contributed by atoms with Crippen LogP contribution < -0.4 is 5.32 Å². The number of rotatable bonds is 3. The number of thiazole rings is 1. The highest BCUT2D eigenvalue weighted by molar-refractivity contribution is 7.10. The Bertz CT molecular complexity index is 506. The van der Waals surface area contributed by atoms with Crippen LogP contribution in [0.25, 0.3) is 0 Å². The fourth-order valence-corrected chi connectivity index (χ4v) is 1.71. The van der Waals surface area contributed by atoms with E-state index < -0.39 is 11.7 Å². The SMILES string of the molecule is CC(C)(C)OC(=O)NCCC#Cc1nc(C=O)cs1. The molecule has 1 aromatic heterocycles. The molecule has 102 valence electrons. The van der Waals surface area contributed by atoms with Crippen LogP contribution >= 0.6 is 11.3 Å². The molecule has 0 aliphatic rings. The van der Waals surface area contributed by atoms with Crippen molar-refractivity contribution >= 4 is 23.7 Å². The molecule has 0 unspecified atom stereocenters. The number of amides is 1. The lowest BCUT2D eigenvalue weighted by Crippen LogP contribution is -2.32. The minimum atomic E-state index is -0.498. The quantitative estimate of drug-likeness (QED) is 0.523. The first kappa shape index (κ1) is 15.2. The van der Waals surface area contributed by atoms with Crippen LogP contribution in [0.4, 0.5) is 4.79 Å². The molecule has 1 amide bonds. The van der Waals surface area contributed by atoms with Crippen LogP contribution in [0.5, 0.6) is 0 Å². The molecule has 1 rings (SSSR count). The van der Waals surface area contributed by atoms with Gasteiger partial charge < -0.3 is 10.1 Å². The van der Waals surface area contributed by atoms with E-state index >= 15 is 0 Å². The first-order valence-corrected chi connectivity index (χ1v) is 6.65. The molecular weight excluding hydrogens is 264 g/mol. The number of hydrogen-bond donors (Lipinski definition) is 1. The summed E-state index contributed by atoms with van der Waals surface area (Å²) in [5.74, 6) is 5.70. The number of nitrogens with zero attached hydrogens (tertiary/aromatic N) is 1. The van der Waals surface area contributed by atoms with Crippen molar-refractivity contribution < 1.29 is 14.3 Å². The van der Waals surface area contributed by atoms with Crippen molar-refractivity contribution in [2.45, 2.75) is 32.8 Å². The lowest BCUT2D eigenvalue weighted by molar-refractivity contribution is 0.0529. The number of aromatic nitrogens is 1. The van der Waals surface area contributed by atoms with Crippen LogP contribution in [0.1, 0.15) is 42.7 Å². The van der Waals surface area contributed by atoms with E-state index in [0.29, 0.717) is 30.0 Å². The largest absolute Gasteiger partial charge is 0.444 e. The van der Waals surface area contributed by atoms with E-state index in [1.165, 1.54) is 11.3 Å². The molecule has 0 aliphatic heterocycles. The summed E-state index contributed by atoms with van der Waals surface area (Å²) >= 11 is 1.32. The van der Waals surface area contributed by atoms with Gasteiger partial charge in [0, 0.05) is 18.3 Å². The van der Waals surface area contributed by atoms with E-state index in [-0.39, 0.29) is 0 Å². The smallest absolute Gasteiger partial charge is 0.407 e. The zero-order valence-electron chi connectivity index (χ0n) is 11.1. The third-order valence-electron chi connectivity index (χ3n) is 1.76. The van der Waals surface area contributed by atoms with Gasteiger partial charge in [-0.25, -0.2) is 9.78 Å². The molecule has 1 heterocycles. The fraction of sp³-hybridized carbons (Fsp3) is 0.462. The predicted molar refractivity (Wildman–Crippen MR) is 73.2 cm³/mol. The van der Waals surface area contributed by atoms with E-state index in [0.717, 1.165) is 0 Å². The number of carbonyl (C=O) groups excluding carboxylic acids is 2. The highest BCUT2D eigenvalue weighted by Gasteiger charge is 2.15. The Morgan fingerprint density at radius 2 is 2.32 bits per heavy atom. The summed E-state index contributed by atoms with van der Waals surface area (Å²) < 4.78 is 5.07. The Morgan fingerprint density at radius 1 is 1.58 bits per heavy atom. The average Bonchev–Trinajstić information content (AvgIpc) is 2.74. The first-order valence-electron chi connectivity index (χ1n) is 5.77. The minimum absolute atomic E-state index is 0.390. The van der Waals surface area contributed by atoms with Crippen LogP contribution in [0.3, 0.4) is 0 Å². The molecule has 1 aromatic rings. The normalized spacial score (nSPS) is 10.3. The predicted octanol–water partition coefficient (Wildman–Crippen LogP) is 2.22. The summed E-state index contributed by atoms with van der Waals surface area (Å²) in [6, 6.07) is 0. The van der Waals surface area contributed by atoms with E-state index in [4.69, 9.17) is 4.74 Å². The lowest BCUT2D eigenvalue weighted by Gasteiger charge is -2.19. The molecule has 0 aliphatic carbocycles. The van der Waals surface area contributed by atoms with Crippen molar-refractivity contribution in [1.29, 1.82) is 0 Å². The molecule has 5 nitrogen and oxygen atoms in total. The highest BCUT2D eigenvalue weighted by Crippen LogP contribution is 2.07. The number of carbonyl (C=O) groups is 2. The summed E-state index contributed by atoms with van der Waals surface area (Å²) in [6.45, 7) is 5.83. The molecule has 19 heavy (non-hydrogen) atoms. The zero-order valence-corrected chi connectivity index (χ0v) is 12.0. The Hall–Kier alpha value is -1.87. The highest BCUT2D eigenvalue weighted by atomic mass is 32.1. The summed E-state index contributed by atoms with van der Waals surface area (Å²) in [7, 11) is 0. The Labute approximate surface area is 116 Å². The van der Waals surface area contributed by atoms with Crippen LogP contribution in [0, 0.1) is 11.8 Å². The van der Waals surface area contributed by atoms with Crippen molar-refractivity contribution in [3.8, 4) is 11.8 Å².